The minimum absolute atomic E-state index is 0.184. The first-order valence-corrected chi connectivity index (χ1v) is 6.25. The normalized spacial score (nSPS) is 12.2. The summed E-state index contributed by atoms with van der Waals surface area (Å²) < 4.78 is 1.67. The summed E-state index contributed by atoms with van der Waals surface area (Å²) in [4.78, 5) is 22.7. The van der Waals surface area contributed by atoms with Crippen molar-refractivity contribution in [1.82, 2.24) is 15.1 Å². The number of urea groups is 1. The van der Waals surface area contributed by atoms with Crippen LogP contribution in [0.4, 0.5) is 10.5 Å². The zero-order valence-corrected chi connectivity index (χ0v) is 11.4. The number of hydrogen-bond donors (Lipinski definition) is 3. The molecule has 0 aliphatic heterocycles. The molecule has 1 heterocycles. The van der Waals surface area contributed by atoms with E-state index in [1.54, 1.807) is 10.9 Å². The average molecular weight is 268 g/mol. The molecule has 7 heteroatoms. The third-order valence-electron chi connectivity index (χ3n) is 2.53. The number of carboxylic acids is 1. The van der Waals surface area contributed by atoms with Gasteiger partial charge >= 0.3 is 12.0 Å². The van der Waals surface area contributed by atoms with E-state index in [9.17, 15) is 9.59 Å². The maximum absolute atomic E-state index is 11.7. The fraction of sp³-hybridized carbons (Fsp3) is 0.583. The van der Waals surface area contributed by atoms with Gasteiger partial charge in [0, 0.05) is 12.7 Å². The topological polar surface area (TPSA) is 96.2 Å². The lowest BCUT2D eigenvalue weighted by molar-refractivity contribution is -0.139. The van der Waals surface area contributed by atoms with Crippen LogP contribution >= 0.6 is 0 Å². The molecule has 3 N–H and O–H groups in total. The number of hydrogen-bond acceptors (Lipinski definition) is 3. The van der Waals surface area contributed by atoms with Crippen LogP contribution < -0.4 is 10.6 Å². The summed E-state index contributed by atoms with van der Waals surface area (Å²) in [7, 11) is 0. The summed E-state index contributed by atoms with van der Waals surface area (Å²) in [6.07, 6.45) is 3.58. The fourth-order valence-electron chi connectivity index (χ4n) is 1.62. The van der Waals surface area contributed by atoms with E-state index in [1.165, 1.54) is 6.20 Å². The van der Waals surface area contributed by atoms with Crippen LogP contribution in [0, 0.1) is 5.92 Å². The lowest BCUT2D eigenvalue weighted by Crippen LogP contribution is -2.43. The molecule has 1 rings (SSSR count). The van der Waals surface area contributed by atoms with Crippen LogP contribution in [0.25, 0.3) is 0 Å². The quantitative estimate of drug-likeness (QED) is 0.728. The number of aryl methyl sites for hydroxylation is 1. The Hall–Kier alpha value is -2.05. The molecular weight excluding hydrogens is 248 g/mol. The first-order chi connectivity index (χ1) is 8.92. The molecular formula is C12H20N4O3. The standard InChI is InChI=1S/C12H20N4O3/c1-4-16-7-9(6-13-16)14-12(19)15-10(11(17)18)5-8(2)3/h6-8,10H,4-5H2,1-3H3,(H,17,18)(H2,14,15,19)/t10-/m0/s1. The lowest BCUT2D eigenvalue weighted by atomic mass is 10.0. The van der Waals surface area contributed by atoms with E-state index < -0.39 is 18.0 Å². The highest BCUT2D eigenvalue weighted by Gasteiger charge is 2.21. The maximum Gasteiger partial charge on any atom is 0.326 e. The Morgan fingerprint density at radius 2 is 2.16 bits per heavy atom. The molecule has 2 amide bonds. The SMILES string of the molecule is CCn1cc(NC(=O)N[C@@H](CC(C)C)C(=O)O)cn1. The first-order valence-electron chi connectivity index (χ1n) is 6.25. The predicted molar refractivity (Wildman–Crippen MR) is 70.9 cm³/mol. The molecule has 7 nitrogen and oxygen atoms in total. The Kier molecular flexibility index (Phi) is 5.35. The van der Waals surface area contributed by atoms with Crippen molar-refractivity contribution in [2.75, 3.05) is 5.32 Å². The van der Waals surface area contributed by atoms with Crippen molar-refractivity contribution >= 4 is 17.7 Å². The van der Waals surface area contributed by atoms with E-state index in [1.807, 2.05) is 20.8 Å². The second-order valence-corrected chi connectivity index (χ2v) is 4.70. The maximum atomic E-state index is 11.7. The second kappa shape index (κ2) is 6.77. The van der Waals surface area contributed by atoms with E-state index in [0.29, 0.717) is 18.7 Å². The fourth-order valence-corrected chi connectivity index (χ4v) is 1.62. The Morgan fingerprint density at radius 3 is 2.63 bits per heavy atom. The molecule has 106 valence electrons. The summed E-state index contributed by atoms with van der Waals surface area (Å²) in [5.41, 5.74) is 0.535. The Labute approximate surface area is 112 Å². The number of nitrogens with one attached hydrogen (secondary N) is 2. The van der Waals surface area contributed by atoms with Crippen LogP contribution in [0.5, 0.6) is 0 Å². The number of anilines is 1. The molecule has 0 aliphatic rings. The smallest absolute Gasteiger partial charge is 0.326 e. The minimum atomic E-state index is -1.03. The number of carboxylic acid groups (broad SMARTS) is 1. The van der Waals surface area contributed by atoms with Crippen molar-refractivity contribution in [2.45, 2.75) is 39.8 Å². The van der Waals surface area contributed by atoms with E-state index >= 15 is 0 Å². The van der Waals surface area contributed by atoms with Crippen LogP contribution in [0.15, 0.2) is 12.4 Å². The van der Waals surface area contributed by atoms with Gasteiger partial charge < -0.3 is 15.7 Å². The molecule has 0 radical (unpaired) electrons. The number of aromatic nitrogens is 2. The number of carbonyl (C=O) groups is 2. The van der Waals surface area contributed by atoms with E-state index in [4.69, 9.17) is 5.11 Å². The zero-order chi connectivity index (χ0) is 14.4. The lowest BCUT2D eigenvalue weighted by Gasteiger charge is -2.16. The summed E-state index contributed by atoms with van der Waals surface area (Å²) in [6, 6.07) is -1.43. The van der Waals surface area contributed by atoms with Crippen LogP contribution in [-0.4, -0.2) is 32.9 Å². The summed E-state index contributed by atoms with van der Waals surface area (Å²) >= 11 is 0. The van der Waals surface area contributed by atoms with Crippen molar-refractivity contribution in [1.29, 1.82) is 0 Å². The number of amides is 2. The monoisotopic (exact) mass is 268 g/mol. The van der Waals surface area contributed by atoms with Gasteiger partial charge in [0.2, 0.25) is 0 Å². The predicted octanol–water partition coefficient (Wildman–Crippen LogP) is 1.52. The van der Waals surface area contributed by atoms with Gasteiger partial charge in [0.05, 0.1) is 11.9 Å². The highest BCUT2D eigenvalue weighted by Crippen LogP contribution is 2.07. The largest absolute Gasteiger partial charge is 0.480 e. The van der Waals surface area contributed by atoms with Crippen LogP contribution in [0.3, 0.4) is 0 Å². The van der Waals surface area contributed by atoms with Crippen molar-refractivity contribution < 1.29 is 14.7 Å². The van der Waals surface area contributed by atoms with Crippen molar-refractivity contribution in [2.24, 2.45) is 5.92 Å². The highest BCUT2D eigenvalue weighted by atomic mass is 16.4. The Balaban J connectivity index is 2.54. The molecule has 1 aromatic heterocycles. The number of aliphatic carboxylic acids is 1. The van der Waals surface area contributed by atoms with Gasteiger partial charge in [0.1, 0.15) is 6.04 Å². The van der Waals surface area contributed by atoms with Gasteiger partial charge in [-0.3, -0.25) is 4.68 Å². The molecule has 0 fully saturated rings. The van der Waals surface area contributed by atoms with Crippen LogP contribution in [0.2, 0.25) is 0 Å². The zero-order valence-electron chi connectivity index (χ0n) is 11.4. The first kappa shape index (κ1) is 15.0. The van der Waals surface area contributed by atoms with Crippen LogP contribution in [0.1, 0.15) is 27.2 Å². The van der Waals surface area contributed by atoms with Crippen molar-refractivity contribution in [3.8, 4) is 0 Å². The molecule has 0 saturated carbocycles. The third kappa shape index (κ3) is 4.99. The average Bonchev–Trinajstić information content (AvgIpc) is 2.75. The second-order valence-electron chi connectivity index (χ2n) is 4.70. The highest BCUT2D eigenvalue weighted by molar-refractivity contribution is 5.91. The Bertz CT molecular complexity index is 442. The van der Waals surface area contributed by atoms with E-state index in [0.717, 1.165) is 0 Å². The summed E-state index contributed by atoms with van der Waals surface area (Å²) in [5.74, 6) is -0.850. The molecule has 19 heavy (non-hydrogen) atoms. The van der Waals surface area contributed by atoms with Gasteiger partial charge in [-0.2, -0.15) is 5.10 Å². The molecule has 0 aromatic carbocycles. The minimum Gasteiger partial charge on any atom is -0.480 e. The van der Waals surface area contributed by atoms with Crippen LogP contribution in [-0.2, 0) is 11.3 Å². The molecule has 0 bridgehead atoms. The summed E-state index contributed by atoms with van der Waals surface area (Å²) in [5, 5.41) is 18.0. The number of carbonyl (C=O) groups excluding carboxylic acids is 1. The molecule has 0 spiro atoms. The van der Waals surface area contributed by atoms with Gasteiger partial charge in [0.15, 0.2) is 0 Å². The number of nitrogens with zero attached hydrogens (tertiary/aromatic N) is 2. The van der Waals surface area contributed by atoms with Crippen molar-refractivity contribution in [3.05, 3.63) is 12.4 Å². The van der Waals surface area contributed by atoms with E-state index in [2.05, 4.69) is 15.7 Å². The molecule has 0 unspecified atom stereocenters. The van der Waals surface area contributed by atoms with E-state index in [-0.39, 0.29) is 5.92 Å². The third-order valence-corrected chi connectivity index (χ3v) is 2.53. The molecule has 1 aromatic rings. The molecule has 0 saturated heterocycles. The molecule has 0 aliphatic carbocycles. The molecule has 1 atom stereocenters. The Morgan fingerprint density at radius 1 is 1.47 bits per heavy atom. The number of rotatable bonds is 6. The van der Waals surface area contributed by atoms with Crippen molar-refractivity contribution in [3.63, 3.8) is 0 Å². The van der Waals surface area contributed by atoms with Gasteiger partial charge in [-0.25, -0.2) is 9.59 Å². The van der Waals surface area contributed by atoms with Gasteiger partial charge in [-0.15, -0.1) is 0 Å². The van der Waals surface area contributed by atoms with Gasteiger partial charge in [-0.05, 0) is 19.3 Å². The van der Waals surface area contributed by atoms with Gasteiger partial charge in [0.25, 0.3) is 0 Å². The van der Waals surface area contributed by atoms with Gasteiger partial charge in [-0.1, -0.05) is 13.8 Å². The summed E-state index contributed by atoms with van der Waals surface area (Å²) in [6.45, 7) is 6.44.